The molecule has 108 valence electrons. The number of hydrogen-bond acceptors (Lipinski definition) is 4. The van der Waals surface area contributed by atoms with Crippen LogP contribution in [0.2, 0.25) is 0 Å². The third-order valence-corrected chi connectivity index (χ3v) is 2.80. The summed E-state index contributed by atoms with van der Waals surface area (Å²) in [7, 11) is 3.40. The Morgan fingerprint density at radius 1 is 1.11 bits per heavy atom. The van der Waals surface area contributed by atoms with Crippen molar-refractivity contribution in [3.05, 3.63) is 29.8 Å². The van der Waals surface area contributed by atoms with Crippen LogP contribution in [0.1, 0.15) is 18.9 Å². The van der Waals surface area contributed by atoms with Gasteiger partial charge in [0.15, 0.2) is 0 Å². The molecule has 0 amide bonds. The highest BCUT2D eigenvalue weighted by molar-refractivity contribution is 5.46. The van der Waals surface area contributed by atoms with Gasteiger partial charge in [-0.05, 0) is 31.0 Å². The van der Waals surface area contributed by atoms with Gasteiger partial charge >= 0.3 is 0 Å². The third-order valence-electron chi connectivity index (χ3n) is 2.80. The van der Waals surface area contributed by atoms with Gasteiger partial charge in [-0.25, -0.2) is 0 Å². The standard InChI is InChI=1S/C15H25NO3/c1-13(7-8-17-2)16-15-6-4-5-14(11-15)12-19-10-9-18-3/h4-6,11,13,16H,7-10,12H2,1-3H3. The number of rotatable bonds is 10. The monoisotopic (exact) mass is 267 g/mol. The van der Waals surface area contributed by atoms with E-state index in [1.54, 1.807) is 14.2 Å². The van der Waals surface area contributed by atoms with E-state index in [0.29, 0.717) is 25.9 Å². The van der Waals surface area contributed by atoms with Crippen LogP contribution < -0.4 is 5.32 Å². The lowest BCUT2D eigenvalue weighted by Gasteiger charge is -2.15. The van der Waals surface area contributed by atoms with Crippen LogP contribution >= 0.6 is 0 Å². The largest absolute Gasteiger partial charge is 0.385 e. The zero-order valence-corrected chi connectivity index (χ0v) is 12.1. The Kier molecular flexibility index (Phi) is 8.21. The van der Waals surface area contributed by atoms with E-state index < -0.39 is 0 Å². The number of methoxy groups -OCH3 is 2. The number of anilines is 1. The van der Waals surface area contributed by atoms with Crippen molar-refractivity contribution < 1.29 is 14.2 Å². The van der Waals surface area contributed by atoms with Crippen molar-refractivity contribution in [2.75, 3.05) is 39.4 Å². The van der Waals surface area contributed by atoms with E-state index in [9.17, 15) is 0 Å². The molecule has 0 bridgehead atoms. The molecule has 0 aromatic heterocycles. The van der Waals surface area contributed by atoms with E-state index in [1.807, 2.05) is 6.07 Å². The lowest BCUT2D eigenvalue weighted by Crippen LogP contribution is -2.17. The van der Waals surface area contributed by atoms with Gasteiger partial charge in [-0.1, -0.05) is 12.1 Å². The summed E-state index contributed by atoms with van der Waals surface area (Å²) >= 11 is 0. The van der Waals surface area contributed by atoms with Gasteiger partial charge in [0, 0.05) is 32.6 Å². The molecule has 0 heterocycles. The molecular formula is C15H25NO3. The maximum atomic E-state index is 5.51. The summed E-state index contributed by atoms with van der Waals surface area (Å²) < 4.78 is 15.5. The topological polar surface area (TPSA) is 39.7 Å². The molecule has 1 unspecified atom stereocenters. The van der Waals surface area contributed by atoms with E-state index in [-0.39, 0.29) is 0 Å². The van der Waals surface area contributed by atoms with Crippen molar-refractivity contribution in [3.8, 4) is 0 Å². The van der Waals surface area contributed by atoms with Gasteiger partial charge in [0.1, 0.15) is 0 Å². The van der Waals surface area contributed by atoms with Gasteiger partial charge in [0.2, 0.25) is 0 Å². The van der Waals surface area contributed by atoms with Crippen molar-refractivity contribution in [3.63, 3.8) is 0 Å². The molecule has 1 rings (SSSR count). The molecule has 0 saturated heterocycles. The van der Waals surface area contributed by atoms with Crippen LogP contribution in [0, 0.1) is 0 Å². The highest BCUT2D eigenvalue weighted by Gasteiger charge is 2.02. The Morgan fingerprint density at radius 3 is 2.63 bits per heavy atom. The maximum absolute atomic E-state index is 5.51. The van der Waals surface area contributed by atoms with Crippen LogP contribution in [0.4, 0.5) is 5.69 Å². The molecule has 4 nitrogen and oxygen atoms in total. The predicted octanol–water partition coefficient (Wildman–Crippen LogP) is 2.69. The molecule has 19 heavy (non-hydrogen) atoms. The second-order valence-electron chi connectivity index (χ2n) is 4.57. The Morgan fingerprint density at radius 2 is 1.89 bits per heavy atom. The molecule has 0 aliphatic rings. The SMILES string of the molecule is COCCOCc1cccc(NC(C)CCOC)c1. The number of hydrogen-bond donors (Lipinski definition) is 1. The summed E-state index contributed by atoms with van der Waals surface area (Å²) in [5, 5.41) is 3.46. The second kappa shape index (κ2) is 9.78. The van der Waals surface area contributed by atoms with Crippen LogP contribution in [0.25, 0.3) is 0 Å². The second-order valence-corrected chi connectivity index (χ2v) is 4.57. The van der Waals surface area contributed by atoms with Gasteiger partial charge in [-0.3, -0.25) is 0 Å². The van der Waals surface area contributed by atoms with E-state index in [1.165, 1.54) is 5.56 Å². The molecular weight excluding hydrogens is 242 g/mol. The fraction of sp³-hybridized carbons (Fsp3) is 0.600. The molecule has 0 aliphatic carbocycles. The fourth-order valence-electron chi connectivity index (χ4n) is 1.73. The molecule has 0 saturated carbocycles. The molecule has 1 atom stereocenters. The van der Waals surface area contributed by atoms with E-state index in [4.69, 9.17) is 14.2 Å². The van der Waals surface area contributed by atoms with Crippen molar-refractivity contribution in [2.24, 2.45) is 0 Å². The molecule has 1 aromatic carbocycles. The molecule has 0 radical (unpaired) electrons. The maximum Gasteiger partial charge on any atom is 0.0718 e. The molecule has 1 N–H and O–H groups in total. The average Bonchev–Trinajstić information content (AvgIpc) is 2.42. The van der Waals surface area contributed by atoms with E-state index in [0.717, 1.165) is 18.7 Å². The third kappa shape index (κ3) is 7.15. The summed E-state index contributed by atoms with van der Waals surface area (Å²) in [6, 6.07) is 8.69. The van der Waals surface area contributed by atoms with Crippen LogP contribution in [0.3, 0.4) is 0 Å². The highest BCUT2D eigenvalue weighted by atomic mass is 16.5. The van der Waals surface area contributed by atoms with Crippen LogP contribution in [-0.2, 0) is 20.8 Å². The molecule has 0 aliphatic heterocycles. The Bertz CT molecular complexity index is 344. The quantitative estimate of drug-likeness (QED) is 0.662. The summed E-state index contributed by atoms with van der Waals surface area (Å²) in [4.78, 5) is 0. The van der Waals surface area contributed by atoms with Crippen LogP contribution in [-0.4, -0.2) is 40.1 Å². The van der Waals surface area contributed by atoms with Crippen molar-refractivity contribution in [2.45, 2.75) is 26.0 Å². The summed E-state index contributed by atoms with van der Waals surface area (Å²) in [5.41, 5.74) is 2.29. The first-order valence-electron chi connectivity index (χ1n) is 6.67. The van der Waals surface area contributed by atoms with Crippen LogP contribution in [0.15, 0.2) is 24.3 Å². The fourth-order valence-corrected chi connectivity index (χ4v) is 1.73. The van der Waals surface area contributed by atoms with Gasteiger partial charge in [-0.2, -0.15) is 0 Å². The minimum atomic E-state index is 0.393. The minimum Gasteiger partial charge on any atom is -0.385 e. The number of ether oxygens (including phenoxy) is 3. The van der Waals surface area contributed by atoms with Gasteiger partial charge in [-0.15, -0.1) is 0 Å². The van der Waals surface area contributed by atoms with Crippen molar-refractivity contribution in [1.29, 1.82) is 0 Å². The Balaban J connectivity index is 2.38. The van der Waals surface area contributed by atoms with Crippen molar-refractivity contribution >= 4 is 5.69 Å². The van der Waals surface area contributed by atoms with Crippen molar-refractivity contribution in [1.82, 2.24) is 0 Å². The smallest absolute Gasteiger partial charge is 0.0718 e. The zero-order valence-electron chi connectivity index (χ0n) is 12.1. The summed E-state index contributed by atoms with van der Waals surface area (Å²) in [6.45, 7) is 4.80. The van der Waals surface area contributed by atoms with Gasteiger partial charge < -0.3 is 19.5 Å². The van der Waals surface area contributed by atoms with Crippen LogP contribution in [0.5, 0.6) is 0 Å². The first kappa shape index (κ1) is 16.0. The van der Waals surface area contributed by atoms with E-state index in [2.05, 4.69) is 30.4 Å². The normalized spacial score (nSPS) is 12.4. The number of nitrogens with one attached hydrogen (secondary N) is 1. The lowest BCUT2D eigenvalue weighted by molar-refractivity contribution is 0.0617. The number of benzene rings is 1. The molecule has 0 fully saturated rings. The Labute approximate surface area is 116 Å². The predicted molar refractivity (Wildman–Crippen MR) is 77.6 cm³/mol. The molecule has 1 aromatic rings. The average molecular weight is 267 g/mol. The highest BCUT2D eigenvalue weighted by Crippen LogP contribution is 2.13. The molecule has 4 heteroatoms. The van der Waals surface area contributed by atoms with E-state index >= 15 is 0 Å². The first-order valence-corrected chi connectivity index (χ1v) is 6.67. The Hall–Kier alpha value is -1.10. The van der Waals surface area contributed by atoms with Gasteiger partial charge in [0.25, 0.3) is 0 Å². The summed E-state index contributed by atoms with van der Waals surface area (Å²) in [5.74, 6) is 0. The zero-order chi connectivity index (χ0) is 13.9. The molecule has 0 spiro atoms. The lowest BCUT2D eigenvalue weighted by atomic mass is 10.2. The summed E-state index contributed by atoms with van der Waals surface area (Å²) in [6.07, 6.45) is 0.991. The minimum absolute atomic E-state index is 0.393. The first-order chi connectivity index (χ1) is 9.26. The van der Waals surface area contributed by atoms with Gasteiger partial charge in [0.05, 0.1) is 19.8 Å².